The van der Waals surface area contributed by atoms with Crippen molar-refractivity contribution in [3.63, 3.8) is 0 Å². The van der Waals surface area contributed by atoms with E-state index in [0.717, 1.165) is 32.7 Å². The maximum absolute atomic E-state index is 11.3. The molecule has 3 unspecified atom stereocenters. The van der Waals surface area contributed by atoms with Crippen molar-refractivity contribution in [2.45, 2.75) is 38.5 Å². The summed E-state index contributed by atoms with van der Waals surface area (Å²) in [7, 11) is -2.77. The first-order valence-corrected chi connectivity index (χ1v) is 8.58. The van der Waals surface area contributed by atoms with Gasteiger partial charge in [0.2, 0.25) is 0 Å². The van der Waals surface area contributed by atoms with Gasteiger partial charge in [-0.1, -0.05) is 0 Å². The largest absolute Gasteiger partial charge is 0.376 e. The van der Waals surface area contributed by atoms with Crippen molar-refractivity contribution < 1.29 is 13.2 Å². The van der Waals surface area contributed by atoms with E-state index in [4.69, 9.17) is 4.74 Å². The monoisotopic (exact) mass is 276 g/mol. The van der Waals surface area contributed by atoms with Gasteiger partial charge in [0.15, 0.2) is 9.84 Å². The second-order valence-electron chi connectivity index (χ2n) is 5.54. The van der Waals surface area contributed by atoms with Crippen LogP contribution in [0.15, 0.2) is 0 Å². The van der Waals surface area contributed by atoms with Crippen LogP contribution in [0.4, 0.5) is 0 Å². The second kappa shape index (κ2) is 5.86. The number of hydrogen-bond acceptors (Lipinski definition) is 5. The number of rotatable bonds is 4. The number of nitrogens with one attached hydrogen (secondary N) is 1. The molecule has 0 aromatic rings. The molecule has 2 heterocycles. The standard InChI is InChI=1S/C12H24N2O3S/c1-10-8-17-11(2)7-14(10)5-4-13-12-3-6-18(15,16)9-12/h10-13H,3-9H2,1-2H3. The first kappa shape index (κ1) is 14.2. The lowest BCUT2D eigenvalue weighted by atomic mass is 10.2. The third-order valence-electron chi connectivity index (χ3n) is 3.80. The summed E-state index contributed by atoms with van der Waals surface area (Å²) in [6.45, 7) is 7.84. The zero-order valence-electron chi connectivity index (χ0n) is 11.3. The Balaban J connectivity index is 1.69. The van der Waals surface area contributed by atoms with Crippen LogP contribution in [-0.4, -0.2) is 69.3 Å². The smallest absolute Gasteiger partial charge is 0.151 e. The molecule has 0 aromatic carbocycles. The van der Waals surface area contributed by atoms with Crippen molar-refractivity contribution in [1.29, 1.82) is 0 Å². The van der Waals surface area contributed by atoms with Crippen LogP contribution in [0, 0.1) is 0 Å². The summed E-state index contributed by atoms with van der Waals surface area (Å²) in [4.78, 5) is 2.41. The molecule has 0 aliphatic carbocycles. The Morgan fingerprint density at radius 3 is 2.83 bits per heavy atom. The molecule has 6 heteroatoms. The van der Waals surface area contributed by atoms with E-state index < -0.39 is 9.84 Å². The summed E-state index contributed by atoms with van der Waals surface area (Å²) in [5, 5.41) is 3.36. The van der Waals surface area contributed by atoms with E-state index in [1.54, 1.807) is 0 Å². The lowest BCUT2D eigenvalue weighted by Crippen LogP contribution is -2.50. The normalized spacial score (nSPS) is 36.9. The lowest BCUT2D eigenvalue weighted by Gasteiger charge is -2.36. The molecular formula is C12H24N2O3S. The molecule has 5 nitrogen and oxygen atoms in total. The average molecular weight is 276 g/mol. The number of ether oxygens (including phenoxy) is 1. The van der Waals surface area contributed by atoms with Crippen molar-refractivity contribution >= 4 is 9.84 Å². The number of sulfone groups is 1. The van der Waals surface area contributed by atoms with Crippen molar-refractivity contribution in [2.24, 2.45) is 0 Å². The van der Waals surface area contributed by atoms with E-state index in [1.807, 2.05) is 0 Å². The molecule has 0 amide bonds. The molecule has 2 aliphatic heterocycles. The zero-order chi connectivity index (χ0) is 13.2. The number of morpholine rings is 1. The highest BCUT2D eigenvalue weighted by atomic mass is 32.2. The molecule has 2 fully saturated rings. The van der Waals surface area contributed by atoms with E-state index in [1.165, 1.54) is 0 Å². The minimum atomic E-state index is -2.77. The van der Waals surface area contributed by atoms with Gasteiger partial charge in [-0.25, -0.2) is 8.42 Å². The summed E-state index contributed by atoms with van der Waals surface area (Å²) in [5.41, 5.74) is 0. The minimum Gasteiger partial charge on any atom is -0.376 e. The molecule has 2 rings (SSSR count). The maximum atomic E-state index is 11.3. The van der Waals surface area contributed by atoms with Gasteiger partial charge in [0.1, 0.15) is 0 Å². The Morgan fingerprint density at radius 2 is 2.17 bits per heavy atom. The first-order chi connectivity index (χ1) is 8.46. The molecule has 0 aromatic heterocycles. The lowest BCUT2D eigenvalue weighted by molar-refractivity contribution is -0.0487. The average Bonchev–Trinajstić information content (AvgIpc) is 2.63. The summed E-state index contributed by atoms with van der Waals surface area (Å²) in [6.07, 6.45) is 1.06. The molecule has 2 saturated heterocycles. The fraction of sp³-hybridized carbons (Fsp3) is 1.00. The molecular weight excluding hydrogens is 252 g/mol. The molecule has 0 radical (unpaired) electrons. The van der Waals surface area contributed by atoms with Crippen molar-refractivity contribution in [3.05, 3.63) is 0 Å². The highest BCUT2D eigenvalue weighted by Gasteiger charge is 2.28. The van der Waals surface area contributed by atoms with Gasteiger partial charge in [-0.05, 0) is 20.3 Å². The van der Waals surface area contributed by atoms with Gasteiger partial charge >= 0.3 is 0 Å². The Labute approximate surface area is 110 Å². The first-order valence-electron chi connectivity index (χ1n) is 6.76. The molecule has 106 valence electrons. The van der Waals surface area contributed by atoms with Gasteiger partial charge in [0.05, 0.1) is 24.2 Å². The highest BCUT2D eigenvalue weighted by Crippen LogP contribution is 2.12. The van der Waals surface area contributed by atoms with Gasteiger partial charge in [0.25, 0.3) is 0 Å². The van der Waals surface area contributed by atoms with Gasteiger partial charge in [0, 0.05) is 31.7 Å². The van der Waals surface area contributed by atoms with Crippen LogP contribution >= 0.6 is 0 Å². The molecule has 1 N–H and O–H groups in total. The van der Waals surface area contributed by atoms with E-state index in [2.05, 4.69) is 24.1 Å². The molecule has 18 heavy (non-hydrogen) atoms. The molecule has 3 atom stereocenters. The van der Waals surface area contributed by atoms with Crippen LogP contribution in [0.1, 0.15) is 20.3 Å². The van der Waals surface area contributed by atoms with E-state index in [0.29, 0.717) is 23.7 Å². The predicted molar refractivity (Wildman–Crippen MR) is 71.5 cm³/mol. The Bertz CT molecular complexity index is 372. The van der Waals surface area contributed by atoms with Crippen LogP contribution in [0.2, 0.25) is 0 Å². The third kappa shape index (κ3) is 3.91. The van der Waals surface area contributed by atoms with Crippen LogP contribution in [0.3, 0.4) is 0 Å². The summed E-state index contributed by atoms with van der Waals surface area (Å²) >= 11 is 0. The Hall–Kier alpha value is -0.170. The molecule has 2 aliphatic rings. The summed E-state index contributed by atoms with van der Waals surface area (Å²) in [6, 6.07) is 0.610. The summed E-state index contributed by atoms with van der Waals surface area (Å²) < 4.78 is 28.3. The van der Waals surface area contributed by atoms with E-state index in [9.17, 15) is 8.42 Å². The van der Waals surface area contributed by atoms with Crippen molar-refractivity contribution in [3.8, 4) is 0 Å². The van der Waals surface area contributed by atoms with Crippen LogP contribution in [0.5, 0.6) is 0 Å². The number of hydrogen-bond donors (Lipinski definition) is 1. The molecule has 0 spiro atoms. The third-order valence-corrected chi connectivity index (χ3v) is 5.57. The van der Waals surface area contributed by atoms with Gasteiger partial charge in [-0.3, -0.25) is 4.90 Å². The topological polar surface area (TPSA) is 58.6 Å². The fourth-order valence-corrected chi connectivity index (χ4v) is 4.36. The fourth-order valence-electron chi connectivity index (χ4n) is 2.65. The SMILES string of the molecule is CC1CN(CCNC2CCS(=O)(=O)C2)C(C)CO1. The Morgan fingerprint density at radius 1 is 1.39 bits per heavy atom. The minimum absolute atomic E-state index is 0.156. The van der Waals surface area contributed by atoms with Crippen molar-refractivity contribution in [1.82, 2.24) is 10.2 Å². The quantitative estimate of drug-likeness (QED) is 0.775. The molecule has 0 saturated carbocycles. The number of nitrogens with zero attached hydrogens (tertiary/aromatic N) is 1. The summed E-state index contributed by atoms with van der Waals surface area (Å²) in [5.74, 6) is 0.651. The van der Waals surface area contributed by atoms with Gasteiger partial charge in [-0.2, -0.15) is 0 Å². The van der Waals surface area contributed by atoms with Gasteiger partial charge in [-0.15, -0.1) is 0 Å². The van der Waals surface area contributed by atoms with E-state index in [-0.39, 0.29) is 6.04 Å². The van der Waals surface area contributed by atoms with Crippen LogP contribution in [-0.2, 0) is 14.6 Å². The van der Waals surface area contributed by atoms with Crippen LogP contribution < -0.4 is 5.32 Å². The van der Waals surface area contributed by atoms with Crippen molar-refractivity contribution in [2.75, 3.05) is 37.7 Å². The van der Waals surface area contributed by atoms with E-state index >= 15 is 0 Å². The van der Waals surface area contributed by atoms with Gasteiger partial charge < -0.3 is 10.1 Å². The highest BCUT2D eigenvalue weighted by molar-refractivity contribution is 7.91. The Kier molecular flexibility index (Phi) is 4.64. The predicted octanol–water partition coefficient (Wildman–Crippen LogP) is -0.128. The second-order valence-corrected chi connectivity index (χ2v) is 7.77. The maximum Gasteiger partial charge on any atom is 0.151 e. The zero-order valence-corrected chi connectivity index (χ0v) is 12.1. The van der Waals surface area contributed by atoms with Crippen LogP contribution in [0.25, 0.3) is 0 Å². The molecule has 0 bridgehead atoms.